The van der Waals surface area contributed by atoms with Gasteiger partial charge in [0.25, 0.3) is 5.91 Å². The van der Waals surface area contributed by atoms with Gasteiger partial charge in [-0.05, 0) is 31.2 Å². The third-order valence-corrected chi connectivity index (χ3v) is 2.94. The molecule has 0 aliphatic rings. The molecule has 2 rings (SSSR count). The number of carbonyl (C=O) groups excluding carboxylic acids is 1. The van der Waals surface area contributed by atoms with Crippen LogP contribution in [0.3, 0.4) is 0 Å². The first-order chi connectivity index (χ1) is 8.61. The molecule has 1 amide bonds. The number of aryl methyl sites for hydroxylation is 1. The molecule has 1 N–H and O–H groups in total. The molecule has 0 spiro atoms. The van der Waals surface area contributed by atoms with E-state index in [4.69, 9.17) is 23.2 Å². The standard InChI is InChI=1S/C12H11Cl2N3O/c1-2-17-11(10(14)7-15-17)12(18)16-9-5-3-8(13)4-6-9/h3-7H,2H2,1H3,(H,16,18). The van der Waals surface area contributed by atoms with Crippen LogP contribution in [0.4, 0.5) is 5.69 Å². The zero-order valence-electron chi connectivity index (χ0n) is 9.65. The molecule has 1 heterocycles. The molecular weight excluding hydrogens is 273 g/mol. The van der Waals surface area contributed by atoms with E-state index in [9.17, 15) is 4.79 Å². The quantitative estimate of drug-likeness (QED) is 0.938. The zero-order chi connectivity index (χ0) is 13.1. The van der Waals surface area contributed by atoms with Gasteiger partial charge in [-0.15, -0.1) is 0 Å². The van der Waals surface area contributed by atoms with Crippen molar-refractivity contribution in [3.05, 3.63) is 46.2 Å². The van der Waals surface area contributed by atoms with Gasteiger partial charge in [0.05, 0.1) is 11.2 Å². The molecule has 0 radical (unpaired) electrons. The number of aromatic nitrogens is 2. The number of nitrogens with one attached hydrogen (secondary N) is 1. The van der Waals surface area contributed by atoms with E-state index in [1.165, 1.54) is 6.20 Å². The Balaban J connectivity index is 2.21. The lowest BCUT2D eigenvalue weighted by Gasteiger charge is -2.07. The smallest absolute Gasteiger partial charge is 0.275 e. The molecule has 0 bridgehead atoms. The average molecular weight is 284 g/mol. The van der Waals surface area contributed by atoms with Crippen molar-refractivity contribution in [1.82, 2.24) is 9.78 Å². The van der Waals surface area contributed by atoms with Crippen molar-refractivity contribution in [2.24, 2.45) is 0 Å². The van der Waals surface area contributed by atoms with Crippen molar-refractivity contribution in [3.8, 4) is 0 Å². The molecule has 6 heteroatoms. The van der Waals surface area contributed by atoms with Crippen molar-refractivity contribution in [1.29, 1.82) is 0 Å². The van der Waals surface area contributed by atoms with Crippen LogP contribution in [0.2, 0.25) is 10.0 Å². The lowest BCUT2D eigenvalue weighted by molar-refractivity contribution is 0.101. The van der Waals surface area contributed by atoms with E-state index in [1.807, 2.05) is 6.92 Å². The highest BCUT2D eigenvalue weighted by molar-refractivity contribution is 6.34. The van der Waals surface area contributed by atoms with E-state index in [1.54, 1.807) is 28.9 Å². The minimum atomic E-state index is -0.290. The SMILES string of the molecule is CCn1ncc(Cl)c1C(=O)Nc1ccc(Cl)cc1. The third kappa shape index (κ3) is 2.66. The van der Waals surface area contributed by atoms with E-state index in [-0.39, 0.29) is 5.91 Å². The zero-order valence-corrected chi connectivity index (χ0v) is 11.2. The second kappa shape index (κ2) is 5.42. The van der Waals surface area contributed by atoms with Crippen LogP contribution in [0, 0.1) is 0 Å². The van der Waals surface area contributed by atoms with Gasteiger partial charge in [0.15, 0.2) is 0 Å². The molecule has 0 fully saturated rings. The average Bonchev–Trinajstić information content (AvgIpc) is 2.73. The second-order valence-corrected chi connectivity index (χ2v) is 4.46. The maximum atomic E-state index is 12.1. The van der Waals surface area contributed by atoms with Crippen molar-refractivity contribution >= 4 is 34.8 Å². The predicted octanol–water partition coefficient (Wildman–Crippen LogP) is 3.46. The van der Waals surface area contributed by atoms with Gasteiger partial charge in [0.2, 0.25) is 0 Å². The first-order valence-corrected chi connectivity index (χ1v) is 6.15. The van der Waals surface area contributed by atoms with Gasteiger partial charge in [-0.2, -0.15) is 5.10 Å². The van der Waals surface area contributed by atoms with Gasteiger partial charge in [-0.1, -0.05) is 23.2 Å². The fourth-order valence-electron chi connectivity index (χ4n) is 1.55. The number of rotatable bonds is 3. The molecule has 0 aliphatic carbocycles. The van der Waals surface area contributed by atoms with E-state index in [0.29, 0.717) is 28.0 Å². The molecule has 0 saturated heterocycles. The molecule has 0 aliphatic heterocycles. The number of anilines is 1. The summed E-state index contributed by atoms with van der Waals surface area (Å²) in [7, 11) is 0. The Bertz CT molecular complexity index is 563. The molecule has 0 atom stereocenters. The molecule has 0 saturated carbocycles. The van der Waals surface area contributed by atoms with Crippen molar-refractivity contribution in [2.45, 2.75) is 13.5 Å². The van der Waals surface area contributed by atoms with Crippen molar-refractivity contribution in [3.63, 3.8) is 0 Å². The third-order valence-electron chi connectivity index (χ3n) is 2.41. The fourth-order valence-corrected chi connectivity index (χ4v) is 1.90. The number of benzene rings is 1. The van der Waals surface area contributed by atoms with Crippen LogP contribution < -0.4 is 5.32 Å². The molecular formula is C12H11Cl2N3O. The first-order valence-electron chi connectivity index (χ1n) is 5.40. The molecule has 0 unspecified atom stereocenters. The molecule has 4 nitrogen and oxygen atoms in total. The summed E-state index contributed by atoms with van der Waals surface area (Å²) in [6, 6.07) is 6.85. The summed E-state index contributed by atoms with van der Waals surface area (Å²) in [4.78, 5) is 12.1. The molecule has 1 aromatic heterocycles. The molecule has 94 valence electrons. The maximum Gasteiger partial charge on any atom is 0.275 e. The summed E-state index contributed by atoms with van der Waals surface area (Å²) < 4.78 is 1.55. The second-order valence-electron chi connectivity index (χ2n) is 3.62. The maximum absolute atomic E-state index is 12.1. The predicted molar refractivity (Wildman–Crippen MR) is 72.3 cm³/mol. The summed E-state index contributed by atoms with van der Waals surface area (Å²) in [5.41, 5.74) is 1.01. The summed E-state index contributed by atoms with van der Waals surface area (Å²) in [6.07, 6.45) is 1.46. The minimum Gasteiger partial charge on any atom is -0.321 e. The summed E-state index contributed by atoms with van der Waals surface area (Å²) in [6.45, 7) is 2.47. The highest BCUT2D eigenvalue weighted by Gasteiger charge is 2.16. The Morgan fingerprint density at radius 3 is 2.61 bits per heavy atom. The Morgan fingerprint density at radius 1 is 1.33 bits per heavy atom. The number of hydrogen-bond acceptors (Lipinski definition) is 2. The van der Waals surface area contributed by atoms with Crippen LogP contribution in [0.25, 0.3) is 0 Å². The van der Waals surface area contributed by atoms with Gasteiger partial charge < -0.3 is 5.32 Å². The number of halogens is 2. The van der Waals surface area contributed by atoms with E-state index in [0.717, 1.165) is 0 Å². The Morgan fingerprint density at radius 2 is 2.00 bits per heavy atom. The number of hydrogen-bond donors (Lipinski definition) is 1. The first kappa shape index (κ1) is 12.9. The van der Waals surface area contributed by atoms with Gasteiger partial charge in [0.1, 0.15) is 5.69 Å². The highest BCUT2D eigenvalue weighted by atomic mass is 35.5. The molecule has 2 aromatic rings. The normalized spacial score (nSPS) is 10.4. The lowest BCUT2D eigenvalue weighted by Crippen LogP contribution is -2.17. The number of nitrogens with zero attached hydrogens (tertiary/aromatic N) is 2. The van der Waals surface area contributed by atoms with Crippen LogP contribution in [-0.4, -0.2) is 15.7 Å². The van der Waals surface area contributed by atoms with Crippen LogP contribution in [0.15, 0.2) is 30.5 Å². The number of carbonyl (C=O) groups is 1. The van der Waals surface area contributed by atoms with Gasteiger partial charge in [-0.25, -0.2) is 0 Å². The highest BCUT2D eigenvalue weighted by Crippen LogP contribution is 2.18. The summed E-state index contributed by atoms with van der Waals surface area (Å²) in [5, 5.41) is 7.71. The van der Waals surface area contributed by atoms with Gasteiger partial charge in [-0.3, -0.25) is 9.48 Å². The van der Waals surface area contributed by atoms with E-state index < -0.39 is 0 Å². The Hall–Kier alpha value is -1.52. The van der Waals surface area contributed by atoms with Crippen LogP contribution >= 0.6 is 23.2 Å². The fraction of sp³-hybridized carbons (Fsp3) is 0.167. The van der Waals surface area contributed by atoms with Crippen molar-refractivity contribution in [2.75, 3.05) is 5.32 Å². The van der Waals surface area contributed by atoms with Crippen LogP contribution in [0.1, 0.15) is 17.4 Å². The van der Waals surface area contributed by atoms with Crippen molar-refractivity contribution < 1.29 is 4.79 Å². The van der Waals surface area contributed by atoms with E-state index >= 15 is 0 Å². The van der Waals surface area contributed by atoms with Crippen LogP contribution in [-0.2, 0) is 6.54 Å². The summed E-state index contributed by atoms with van der Waals surface area (Å²) >= 11 is 11.7. The lowest BCUT2D eigenvalue weighted by atomic mass is 10.3. The number of amides is 1. The molecule has 18 heavy (non-hydrogen) atoms. The monoisotopic (exact) mass is 283 g/mol. The van der Waals surface area contributed by atoms with Gasteiger partial charge in [0, 0.05) is 17.3 Å². The molecule has 1 aromatic carbocycles. The van der Waals surface area contributed by atoms with E-state index in [2.05, 4.69) is 10.4 Å². The topological polar surface area (TPSA) is 46.9 Å². The summed E-state index contributed by atoms with van der Waals surface area (Å²) in [5.74, 6) is -0.290. The van der Waals surface area contributed by atoms with Crippen LogP contribution in [0.5, 0.6) is 0 Å². The Kier molecular flexibility index (Phi) is 3.89. The minimum absolute atomic E-state index is 0.290. The van der Waals surface area contributed by atoms with Gasteiger partial charge >= 0.3 is 0 Å². The Labute approximate surface area is 115 Å². The largest absolute Gasteiger partial charge is 0.321 e.